The van der Waals surface area contributed by atoms with Crippen LogP contribution < -0.4 is 15.4 Å². The molecule has 1 rings (SSSR count). The van der Waals surface area contributed by atoms with E-state index in [2.05, 4.69) is 10.6 Å². The van der Waals surface area contributed by atoms with Gasteiger partial charge in [-0.2, -0.15) is 0 Å². The van der Waals surface area contributed by atoms with Crippen molar-refractivity contribution in [3.63, 3.8) is 0 Å². The molecule has 1 atom stereocenters. The Morgan fingerprint density at radius 1 is 1.24 bits per heavy atom. The minimum Gasteiger partial charge on any atom is -0.481 e. The standard InChI is InChI=1S/C12H16N2O3/c1-8-4-6-10(7-5-8)17-9(2)11(15)14-12(16)13-3/h4-7,9H,1-3H3,(H2,13,14,15,16)/t9-/m0/s1. The summed E-state index contributed by atoms with van der Waals surface area (Å²) in [5.74, 6) is 0.111. The predicted octanol–water partition coefficient (Wildman–Crippen LogP) is 1.22. The summed E-state index contributed by atoms with van der Waals surface area (Å²) in [6.07, 6.45) is -0.727. The van der Waals surface area contributed by atoms with Gasteiger partial charge in [0.05, 0.1) is 0 Å². The highest BCUT2D eigenvalue weighted by Crippen LogP contribution is 2.13. The van der Waals surface area contributed by atoms with Gasteiger partial charge in [0.2, 0.25) is 0 Å². The molecule has 3 amide bonds. The number of ether oxygens (including phenoxy) is 1. The summed E-state index contributed by atoms with van der Waals surface area (Å²) in [6, 6.07) is 6.78. The quantitative estimate of drug-likeness (QED) is 0.829. The summed E-state index contributed by atoms with van der Waals surface area (Å²) in [5, 5.41) is 4.44. The monoisotopic (exact) mass is 236 g/mol. The molecule has 0 aliphatic heterocycles. The molecule has 0 bridgehead atoms. The third-order valence-corrected chi connectivity index (χ3v) is 2.17. The first-order chi connectivity index (χ1) is 8.02. The van der Waals surface area contributed by atoms with Crippen LogP contribution >= 0.6 is 0 Å². The van der Waals surface area contributed by atoms with Crippen LogP contribution in [0.2, 0.25) is 0 Å². The Hall–Kier alpha value is -2.04. The number of imide groups is 1. The molecule has 0 spiro atoms. The van der Waals surface area contributed by atoms with Crippen LogP contribution in [0.3, 0.4) is 0 Å². The van der Waals surface area contributed by atoms with Gasteiger partial charge in [0.15, 0.2) is 6.10 Å². The minimum absolute atomic E-state index is 0.482. The lowest BCUT2D eigenvalue weighted by atomic mass is 10.2. The Bertz CT molecular complexity index is 401. The van der Waals surface area contributed by atoms with E-state index >= 15 is 0 Å². The highest BCUT2D eigenvalue weighted by molar-refractivity contribution is 5.96. The SMILES string of the molecule is CNC(=O)NC(=O)[C@H](C)Oc1ccc(C)cc1. The van der Waals surface area contributed by atoms with Crippen LogP contribution in [0, 0.1) is 6.92 Å². The van der Waals surface area contributed by atoms with Crippen LogP contribution in [0.1, 0.15) is 12.5 Å². The van der Waals surface area contributed by atoms with Crippen molar-refractivity contribution in [3.8, 4) is 5.75 Å². The summed E-state index contributed by atoms with van der Waals surface area (Å²) < 4.78 is 5.38. The number of carbonyl (C=O) groups is 2. The molecule has 0 saturated heterocycles. The third kappa shape index (κ3) is 4.14. The number of benzene rings is 1. The Morgan fingerprint density at radius 2 is 1.82 bits per heavy atom. The molecule has 2 N–H and O–H groups in total. The molecule has 0 heterocycles. The highest BCUT2D eigenvalue weighted by atomic mass is 16.5. The maximum absolute atomic E-state index is 11.5. The average molecular weight is 236 g/mol. The van der Waals surface area contributed by atoms with Gasteiger partial charge in [-0.15, -0.1) is 0 Å². The summed E-state index contributed by atoms with van der Waals surface area (Å²) in [7, 11) is 1.44. The molecule has 0 aromatic heterocycles. The second-order valence-corrected chi connectivity index (χ2v) is 3.64. The van der Waals surface area contributed by atoms with Crippen LogP contribution in [0.4, 0.5) is 4.79 Å². The van der Waals surface area contributed by atoms with Crippen molar-refractivity contribution in [2.45, 2.75) is 20.0 Å². The number of hydrogen-bond donors (Lipinski definition) is 2. The first-order valence-electron chi connectivity index (χ1n) is 5.29. The molecule has 5 nitrogen and oxygen atoms in total. The Morgan fingerprint density at radius 3 is 2.35 bits per heavy atom. The summed E-state index contributed by atoms with van der Waals surface area (Å²) in [6.45, 7) is 3.55. The van der Waals surface area contributed by atoms with Gasteiger partial charge >= 0.3 is 6.03 Å². The van der Waals surface area contributed by atoms with Gasteiger partial charge in [0.1, 0.15) is 5.75 Å². The van der Waals surface area contributed by atoms with Crippen LogP contribution in [-0.4, -0.2) is 25.1 Å². The average Bonchev–Trinajstić information content (AvgIpc) is 2.31. The Kier molecular flexibility index (Phi) is 4.51. The zero-order valence-corrected chi connectivity index (χ0v) is 10.1. The lowest BCUT2D eigenvalue weighted by Crippen LogP contribution is -2.43. The van der Waals surface area contributed by atoms with Gasteiger partial charge in [-0.3, -0.25) is 10.1 Å². The van der Waals surface area contributed by atoms with Gasteiger partial charge in [0, 0.05) is 7.05 Å². The first-order valence-corrected chi connectivity index (χ1v) is 5.29. The fourth-order valence-corrected chi connectivity index (χ4v) is 1.15. The predicted molar refractivity (Wildman–Crippen MR) is 63.9 cm³/mol. The summed E-state index contributed by atoms with van der Waals surface area (Å²) >= 11 is 0. The maximum atomic E-state index is 11.5. The van der Waals surface area contributed by atoms with Crippen molar-refractivity contribution >= 4 is 11.9 Å². The van der Waals surface area contributed by atoms with Crippen molar-refractivity contribution < 1.29 is 14.3 Å². The van der Waals surface area contributed by atoms with Gasteiger partial charge < -0.3 is 10.1 Å². The number of urea groups is 1. The molecular weight excluding hydrogens is 220 g/mol. The molecule has 0 aliphatic rings. The highest BCUT2D eigenvalue weighted by Gasteiger charge is 2.16. The third-order valence-electron chi connectivity index (χ3n) is 2.17. The first kappa shape index (κ1) is 13.0. The fraction of sp³-hybridized carbons (Fsp3) is 0.333. The Labute approximate surface area is 100 Å². The molecular formula is C12H16N2O3. The topological polar surface area (TPSA) is 67.4 Å². The maximum Gasteiger partial charge on any atom is 0.321 e. The van der Waals surface area contributed by atoms with Gasteiger partial charge in [0.25, 0.3) is 5.91 Å². The van der Waals surface area contributed by atoms with Crippen molar-refractivity contribution in [2.24, 2.45) is 0 Å². The van der Waals surface area contributed by atoms with E-state index in [0.29, 0.717) is 5.75 Å². The van der Waals surface area contributed by atoms with E-state index in [4.69, 9.17) is 4.74 Å². The second-order valence-electron chi connectivity index (χ2n) is 3.64. The van der Waals surface area contributed by atoms with Crippen molar-refractivity contribution in [3.05, 3.63) is 29.8 Å². The van der Waals surface area contributed by atoms with Gasteiger partial charge in [-0.25, -0.2) is 4.79 Å². The zero-order valence-electron chi connectivity index (χ0n) is 10.1. The molecule has 1 aromatic rings. The van der Waals surface area contributed by atoms with E-state index in [1.165, 1.54) is 7.05 Å². The molecule has 17 heavy (non-hydrogen) atoms. The van der Waals surface area contributed by atoms with Crippen LogP contribution in [-0.2, 0) is 4.79 Å². The fourth-order valence-electron chi connectivity index (χ4n) is 1.15. The largest absolute Gasteiger partial charge is 0.481 e. The normalized spacial score (nSPS) is 11.5. The molecule has 0 saturated carbocycles. The number of amides is 3. The molecule has 0 radical (unpaired) electrons. The summed E-state index contributed by atoms with van der Waals surface area (Å²) in [4.78, 5) is 22.4. The van der Waals surface area contributed by atoms with Crippen molar-refractivity contribution in [1.82, 2.24) is 10.6 Å². The van der Waals surface area contributed by atoms with Crippen molar-refractivity contribution in [1.29, 1.82) is 0 Å². The molecule has 1 aromatic carbocycles. The molecule has 92 valence electrons. The zero-order chi connectivity index (χ0) is 12.8. The molecule has 5 heteroatoms. The smallest absolute Gasteiger partial charge is 0.321 e. The molecule has 0 fully saturated rings. The van der Waals surface area contributed by atoms with E-state index in [1.807, 2.05) is 19.1 Å². The van der Waals surface area contributed by atoms with Crippen molar-refractivity contribution in [2.75, 3.05) is 7.05 Å². The van der Waals surface area contributed by atoms with E-state index in [-0.39, 0.29) is 0 Å². The van der Waals surface area contributed by atoms with Gasteiger partial charge in [-0.1, -0.05) is 17.7 Å². The lowest BCUT2D eigenvalue weighted by Gasteiger charge is -2.13. The van der Waals surface area contributed by atoms with Crippen LogP contribution in [0.5, 0.6) is 5.75 Å². The van der Waals surface area contributed by atoms with Crippen LogP contribution in [0.15, 0.2) is 24.3 Å². The van der Waals surface area contributed by atoms with E-state index in [9.17, 15) is 9.59 Å². The van der Waals surface area contributed by atoms with Gasteiger partial charge in [-0.05, 0) is 26.0 Å². The lowest BCUT2D eigenvalue weighted by molar-refractivity contribution is -0.126. The summed E-state index contributed by atoms with van der Waals surface area (Å²) in [5.41, 5.74) is 1.11. The molecule has 0 unspecified atom stereocenters. The second kappa shape index (κ2) is 5.89. The molecule has 0 aliphatic carbocycles. The number of aryl methyl sites for hydroxylation is 1. The number of hydrogen-bond acceptors (Lipinski definition) is 3. The number of nitrogens with one attached hydrogen (secondary N) is 2. The Balaban J connectivity index is 2.54. The number of carbonyl (C=O) groups excluding carboxylic acids is 2. The number of rotatable bonds is 3. The van der Waals surface area contributed by atoms with E-state index in [0.717, 1.165) is 5.56 Å². The van der Waals surface area contributed by atoms with E-state index in [1.54, 1.807) is 19.1 Å². The van der Waals surface area contributed by atoms with E-state index < -0.39 is 18.0 Å². The van der Waals surface area contributed by atoms with Crippen LogP contribution in [0.25, 0.3) is 0 Å². The minimum atomic E-state index is -0.727.